The van der Waals surface area contributed by atoms with Crippen LogP contribution in [0.4, 0.5) is 0 Å². The van der Waals surface area contributed by atoms with Crippen molar-refractivity contribution in [1.29, 1.82) is 0 Å². The lowest BCUT2D eigenvalue weighted by Gasteiger charge is -2.39. The van der Waals surface area contributed by atoms with Gasteiger partial charge in [-0.1, -0.05) is 36.4 Å². The third-order valence-corrected chi connectivity index (χ3v) is 6.03. The quantitative estimate of drug-likeness (QED) is 0.434. The fraction of sp³-hybridized carbons (Fsp3) is 0.385. The second-order valence-corrected chi connectivity index (χ2v) is 9.15. The molecule has 186 valence electrons. The summed E-state index contributed by atoms with van der Waals surface area (Å²) in [5.74, 6) is -0.857. The molecular formula is C26H28O9. The molecule has 0 bridgehead atoms. The van der Waals surface area contributed by atoms with E-state index in [1.807, 2.05) is 26.0 Å². The Balaban J connectivity index is 1.65. The molecule has 1 saturated heterocycles. The van der Waals surface area contributed by atoms with E-state index in [-0.39, 0.29) is 24.4 Å². The van der Waals surface area contributed by atoms with Crippen LogP contribution in [0.5, 0.6) is 11.5 Å². The number of hydrogen-bond acceptors (Lipinski definition) is 8. The van der Waals surface area contributed by atoms with Gasteiger partial charge in [-0.15, -0.1) is 0 Å². The molecule has 0 spiro atoms. The summed E-state index contributed by atoms with van der Waals surface area (Å²) in [5, 5.41) is 40.0. The van der Waals surface area contributed by atoms with Gasteiger partial charge in [-0.3, -0.25) is 4.79 Å². The fourth-order valence-corrected chi connectivity index (χ4v) is 4.09. The molecule has 9 heteroatoms. The summed E-state index contributed by atoms with van der Waals surface area (Å²) in [6, 6.07) is 12.3. The van der Waals surface area contributed by atoms with Gasteiger partial charge in [-0.2, -0.15) is 0 Å². The molecule has 2 aliphatic rings. The zero-order valence-corrected chi connectivity index (χ0v) is 19.3. The SMILES string of the molecule is CC1(C)C=Cc2c(ccc(CCC(=O)c3ccccc3)c2OC2OC(C(=O)O)C(O)C(O)C2O)O1. The third kappa shape index (κ3) is 5.23. The van der Waals surface area contributed by atoms with Crippen LogP contribution in [-0.2, 0) is 16.0 Å². The molecule has 4 rings (SSSR count). The van der Waals surface area contributed by atoms with Gasteiger partial charge in [0.05, 0.1) is 5.56 Å². The second-order valence-electron chi connectivity index (χ2n) is 9.15. The molecule has 1 fully saturated rings. The number of fused-ring (bicyclic) bond motifs is 1. The summed E-state index contributed by atoms with van der Waals surface area (Å²) >= 11 is 0. The maximum atomic E-state index is 12.7. The molecule has 0 radical (unpaired) electrons. The van der Waals surface area contributed by atoms with Crippen molar-refractivity contribution in [1.82, 2.24) is 0 Å². The van der Waals surface area contributed by atoms with E-state index >= 15 is 0 Å². The number of ether oxygens (including phenoxy) is 3. The number of hydrogen-bond donors (Lipinski definition) is 4. The molecule has 5 unspecified atom stereocenters. The summed E-state index contributed by atoms with van der Waals surface area (Å²) < 4.78 is 17.3. The van der Waals surface area contributed by atoms with E-state index in [1.165, 1.54) is 0 Å². The molecule has 35 heavy (non-hydrogen) atoms. The highest BCUT2D eigenvalue weighted by molar-refractivity contribution is 5.96. The van der Waals surface area contributed by atoms with Gasteiger partial charge in [0, 0.05) is 12.0 Å². The van der Waals surface area contributed by atoms with E-state index in [9.17, 15) is 30.0 Å². The van der Waals surface area contributed by atoms with Crippen LogP contribution in [0.15, 0.2) is 48.5 Å². The number of Topliss-reactive ketones (excluding diaryl/α,β-unsaturated/α-hetero) is 1. The standard InChI is InChI=1S/C26H28O9/c1-26(2)13-12-16-18(35-26)11-9-15(8-10-17(27)14-6-4-3-5-7-14)22(16)33-25-21(30)19(28)20(29)23(34-25)24(31)32/h3-7,9,11-13,19-21,23,25,28-30H,8,10H2,1-2H3,(H,31,32). The molecule has 9 nitrogen and oxygen atoms in total. The predicted molar refractivity (Wildman–Crippen MR) is 124 cm³/mol. The maximum absolute atomic E-state index is 12.7. The van der Waals surface area contributed by atoms with Crippen molar-refractivity contribution in [2.24, 2.45) is 0 Å². The Bertz CT molecular complexity index is 1130. The number of aryl methyl sites for hydroxylation is 1. The molecule has 2 aromatic carbocycles. The first-order valence-corrected chi connectivity index (χ1v) is 11.3. The van der Waals surface area contributed by atoms with Crippen molar-refractivity contribution in [3.63, 3.8) is 0 Å². The number of aliphatic carboxylic acids is 1. The number of benzene rings is 2. The molecule has 2 aromatic rings. The molecule has 0 aromatic heterocycles. The highest BCUT2D eigenvalue weighted by atomic mass is 16.7. The zero-order chi connectivity index (χ0) is 25.3. The molecule has 0 amide bonds. The van der Waals surface area contributed by atoms with Crippen LogP contribution >= 0.6 is 0 Å². The van der Waals surface area contributed by atoms with Gasteiger partial charge in [-0.25, -0.2) is 4.79 Å². The number of carboxylic acid groups (broad SMARTS) is 1. The van der Waals surface area contributed by atoms with E-state index in [4.69, 9.17) is 14.2 Å². The predicted octanol–water partition coefficient (Wildman–Crippen LogP) is 1.96. The van der Waals surface area contributed by atoms with Crippen LogP contribution in [0.1, 0.15) is 41.8 Å². The Morgan fingerprint density at radius 3 is 2.40 bits per heavy atom. The van der Waals surface area contributed by atoms with Crippen molar-refractivity contribution >= 4 is 17.8 Å². The Hall–Kier alpha value is -3.24. The topological polar surface area (TPSA) is 143 Å². The zero-order valence-electron chi connectivity index (χ0n) is 19.3. The summed E-state index contributed by atoms with van der Waals surface area (Å²) in [6.45, 7) is 3.76. The number of aliphatic hydroxyl groups excluding tert-OH is 3. The molecular weight excluding hydrogens is 456 g/mol. The van der Waals surface area contributed by atoms with E-state index in [1.54, 1.807) is 42.5 Å². The van der Waals surface area contributed by atoms with Crippen LogP contribution in [0.25, 0.3) is 6.08 Å². The van der Waals surface area contributed by atoms with Gasteiger partial charge in [-0.05, 0) is 44.1 Å². The largest absolute Gasteiger partial charge is 0.483 e. The number of rotatable bonds is 7. The Labute approximate surface area is 202 Å². The highest BCUT2D eigenvalue weighted by Crippen LogP contribution is 2.41. The summed E-state index contributed by atoms with van der Waals surface area (Å²) in [5.41, 5.74) is 1.12. The van der Waals surface area contributed by atoms with Crippen LogP contribution in [0.3, 0.4) is 0 Å². The van der Waals surface area contributed by atoms with Gasteiger partial charge in [0.2, 0.25) is 6.29 Å². The van der Waals surface area contributed by atoms with Crippen molar-refractivity contribution in [2.75, 3.05) is 0 Å². The Morgan fingerprint density at radius 1 is 1.00 bits per heavy atom. The van der Waals surface area contributed by atoms with Crippen LogP contribution < -0.4 is 9.47 Å². The average Bonchev–Trinajstić information content (AvgIpc) is 2.83. The van der Waals surface area contributed by atoms with E-state index in [0.29, 0.717) is 22.4 Å². The summed E-state index contributed by atoms with van der Waals surface area (Å²) in [6.07, 6.45) is -4.70. The fourth-order valence-electron chi connectivity index (χ4n) is 4.09. The first kappa shape index (κ1) is 24.9. The van der Waals surface area contributed by atoms with Crippen molar-refractivity contribution < 1.29 is 44.2 Å². The minimum Gasteiger partial charge on any atom is -0.483 e. The highest BCUT2D eigenvalue weighted by Gasteiger charge is 2.48. The number of aliphatic hydroxyl groups is 3. The van der Waals surface area contributed by atoms with Crippen molar-refractivity contribution in [3.8, 4) is 11.5 Å². The van der Waals surface area contributed by atoms with Crippen LogP contribution in [0.2, 0.25) is 0 Å². The smallest absolute Gasteiger partial charge is 0.335 e. The van der Waals surface area contributed by atoms with Gasteiger partial charge >= 0.3 is 5.97 Å². The van der Waals surface area contributed by atoms with Gasteiger partial charge in [0.1, 0.15) is 35.4 Å². The van der Waals surface area contributed by atoms with Crippen LogP contribution in [0, 0.1) is 0 Å². The number of carbonyl (C=O) groups is 2. The van der Waals surface area contributed by atoms with Crippen LogP contribution in [-0.4, -0.2) is 68.5 Å². The number of carboxylic acids is 1. The van der Waals surface area contributed by atoms with E-state index < -0.39 is 42.3 Å². The van der Waals surface area contributed by atoms with E-state index in [2.05, 4.69) is 0 Å². The average molecular weight is 485 g/mol. The third-order valence-electron chi connectivity index (χ3n) is 6.03. The Kier molecular flexibility index (Phi) is 6.95. The van der Waals surface area contributed by atoms with Crippen molar-refractivity contribution in [2.45, 2.75) is 63.0 Å². The molecule has 2 aliphatic heterocycles. The molecule has 0 aliphatic carbocycles. The normalized spacial score (nSPS) is 26.9. The second kappa shape index (κ2) is 9.79. The lowest BCUT2D eigenvalue weighted by molar-refractivity contribution is -0.271. The minimum atomic E-state index is -1.83. The first-order chi connectivity index (χ1) is 16.6. The van der Waals surface area contributed by atoms with Gasteiger partial charge < -0.3 is 34.6 Å². The minimum absolute atomic E-state index is 0.0689. The monoisotopic (exact) mass is 484 g/mol. The van der Waals surface area contributed by atoms with Gasteiger partial charge in [0.15, 0.2) is 11.9 Å². The summed E-state index contributed by atoms with van der Waals surface area (Å²) in [7, 11) is 0. The summed E-state index contributed by atoms with van der Waals surface area (Å²) in [4.78, 5) is 24.2. The maximum Gasteiger partial charge on any atom is 0.335 e. The molecule has 4 N–H and O–H groups in total. The molecule has 2 heterocycles. The van der Waals surface area contributed by atoms with Gasteiger partial charge in [0.25, 0.3) is 0 Å². The number of carbonyl (C=O) groups excluding carboxylic acids is 1. The molecule has 0 saturated carbocycles. The first-order valence-electron chi connectivity index (χ1n) is 11.3. The Morgan fingerprint density at radius 2 is 1.71 bits per heavy atom. The molecule has 5 atom stereocenters. The lowest BCUT2D eigenvalue weighted by Crippen LogP contribution is -2.61. The lowest BCUT2D eigenvalue weighted by atomic mass is 9.96. The van der Waals surface area contributed by atoms with Crippen molar-refractivity contribution in [3.05, 3.63) is 65.2 Å². The van der Waals surface area contributed by atoms with E-state index in [0.717, 1.165) is 0 Å². The number of ketones is 1.